The summed E-state index contributed by atoms with van der Waals surface area (Å²) < 4.78 is 6.92. The topological polar surface area (TPSA) is 73.2 Å². The van der Waals surface area contributed by atoms with E-state index in [9.17, 15) is 9.59 Å². The van der Waals surface area contributed by atoms with Crippen LogP contribution < -0.4 is 15.6 Å². The van der Waals surface area contributed by atoms with Gasteiger partial charge in [-0.25, -0.2) is 0 Å². The van der Waals surface area contributed by atoms with Crippen molar-refractivity contribution in [3.63, 3.8) is 0 Å². The molecule has 0 saturated heterocycles. The third-order valence-electron chi connectivity index (χ3n) is 4.53. The van der Waals surface area contributed by atoms with Crippen LogP contribution in [0.5, 0.6) is 5.88 Å². The van der Waals surface area contributed by atoms with Crippen molar-refractivity contribution in [1.29, 1.82) is 0 Å². The summed E-state index contributed by atoms with van der Waals surface area (Å²) in [5.74, 6) is 0.00139. The third-order valence-corrected chi connectivity index (χ3v) is 5.02. The molecule has 1 aromatic heterocycles. The summed E-state index contributed by atoms with van der Waals surface area (Å²) in [6.45, 7) is 0.283. The average molecular weight is 466 g/mol. The molecule has 6 nitrogen and oxygen atoms in total. The molecule has 0 aliphatic rings. The molecule has 8 heteroatoms. The standard InChI is InChI=1S/C24H17Cl2N3O3/c25-18-8-4-16(5-9-18)15-32-22-12-13-23(30)29(28-22)21-10-6-17(7-11-21)24(31)27-20-3-1-2-19(26)14-20/h1-14H,15H2,(H,27,31). The Morgan fingerprint density at radius 2 is 1.66 bits per heavy atom. The lowest BCUT2D eigenvalue weighted by Gasteiger charge is -2.10. The number of nitrogens with one attached hydrogen (secondary N) is 1. The van der Waals surface area contributed by atoms with Gasteiger partial charge >= 0.3 is 0 Å². The highest BCUT2D eigenvalue weighted by molar-refractivity contribution is 6.31. The van der Waals surface area contributed by atoms with Crippen LogP contribution in [0.4, 0.5) is 5.69 Å². The molecule has 0 bridgehead atoms. The van der Waals surface area contributed by atoms with E-state index >= 15 is 0 Å². The summed E-state index contributed by atoms with van der Waals surface area (Å²) in [5, 5.41) is 8.22. The van der Waals surface area contributed by atoms with Gasteiger partial charge in [-0.1, -0.05) is 41.4 Å². The fourth-order valence-corrected chi connectivity index (χ4v) is 3.23. The number of nitrogens with zero attached hydrogens (tertiary/aromatic N) is 2. The van der Waals surface area contributed by atoms with Crippen LogP contribution in [0.3, 0.4) is 0 Å². The molecule has 160 valence electrons. The number of carbonyl (C=O) groups excluding carboxylic acids is 1. The number of anilines is 1. The molecule has 0 fully saturated rings. The molecule has 1 amide bonds. The fourth-order valence-electron chi connectivity index (χ4n) is 2.92. The van der Waals surface area contributed by atoms with Gasteiger partial charge in [-0.2, -0.15) is 4.68 Å². The van der Waals surface area contributed by atoms with E-state index in [2.05, 4.69) is 10.4 Å². The van der Waals surface area contributed by atoms with Gasteiger partial charge in [-0.15, -0.1) is 5.10 Å². The number of ether oxygens (including phenoxy) is 1. The van der Waals surface area contributed by atoms with Crippen LogP contribution >= 0.6 is 23.2 Å². The highest BCUT2D eigenvalue weighted by Gasteiger charge is 2.09. The second-order valence-electron chi connectivity index (χ2n) is 6.85. The molecule has 4 aromatic rings. The second kappa shape index (κ2) is 9.68. The molecule has 4 rings (SSSR count). The van der Waals surface area contributed by atoms with Crippen LogP contribution in [-0.2, 0) is 6.61 Å². The minimum Gasteiger partial charge on any atom is -0.472 e. The highest BCUT2D eigenvalue weighted by atomic mass is 35.5. The number of hydrogen-bond donors (Lipinski definition) is 1. The van der Waals surface area contributed by atoms with Crippen molar-refractivity contribution in [2.24, 2.45) is 0 Å². The van der Waals surface area contributed by atoms with Crippen molar-refractivity contribution >= 4 is 34.8 Å². The minimum absolute atomic E-state index is 0.283. The largest absolute Gasteiger partial charge is 0.472 e. The van der Waals surface area contributed by atoms with Crippen molar-refractivity contribution < 1.29 is 9.53 Å². The van der Waals surface area contributed by atoms with Gasteiger partial charge in [0.25, 0.3) is 11.5 Å². The average Bonchev–Trinajstić information content (AvgIpc) is 2.80. The molecule has 1 heterocycles. The first-order valence-electron chi connectivity index (χ1n) is 9.63. The summed E-state index contributed by atoms with van der Waals surface area (Å²) in [6, 6.07) is 23.6. The van der Waals surface area contributed by atoms with Crippen molar-refractivity contribution in [2.45, 2.75) is 6.61 Å². The van der Waals surface area contributed by atoms with E-state index in [1.54, 1.807) is 60.7 Å². The summed E-state index contributed by atoms with van der Waals surface area (Å²) in [4.78, 5) is 24.8. The molecule has 0 atom stereocenters. The SMILES string of the molecule is O=C(Nc1cccc(Cl)c1)c1ccc(-n2nc(OCc3ccc(Cl)cc3)ccc2=O)cc1. The lowest BCUT2D eigenvalue weighted by Crippen LogP contribution is -2.20. The quantitative estimate of drug-likeness (QED) is 0.415. The molecular formula is C24H17Cl2N3O3. The maximum absolute atomic E-state index is 12.5. The van der Waals surface area contributed by atoms with Crippen LogP contribution in [0.1, 0.15) is 15.9 Å². The predicted molar refractivity (Wildman–Crippen MR) is 125 cm³/mol. The number of benzene rings is 3. The molecule has 0 saturated carbocycles. The lowest BCUT2D eigenvalue weighted by atomic mass is 10.2. The van der Waals surface area contributed by atoms with Crippen LogP contribution in [0.15, 0.2) is 89.7 Å². The fraction of sp³-hybridized carbons (Fsp3) is 0.0417. The lowest BCUT2D eigenvalue weighted by molar-refractivity contribution is 0.102. The van der Waals surface area contributed by atoms with E-state index in [0.29, 0.717) is 32.9 Å². The van der Waals surface area contributed by atoms with Gasteiger partial charge in [-0.05, 0) is 60.2 Å². The van der Waals surface area contributed by atoms with E-state index in [-0.39, 0.29) is 18.1 Å². The Morgan fingerprint density at radius 1 is 0.906 bits per heavy atom. The number of halogens is 2. The Hall–Kier alpha value is -3.61. The predicted octanol–water partition coefficient (Wildman–Crippen LogP) is 5.37. The zero-order valence-corrected chi connectivity index (χ0v) is 18.2. The Labute approximate surface area is 194 Å². The number of hydrogen-bond acceptors (Lipinski definition) is 4. The Bertz CT molecular complexity index is 1300. The Kier molecular flexibility index (Phi) is 6.54. The zero-order valence-electron chi connectivity index (χ0n) is 16.7. The molecular weight excluding hydrogens is 449 g/mol. The number of carbonyl (C=O) groups is 1. The number of rotatable bonds is 6. The molecule has 0 spiro atoms. The van der Waals surface area contributed by atoms with E-state index in [0.717, 1.165) is 5.56 Å². The molecule has 0 unspecified atom stereocenters. The van der Waals surface area contributed by atoms with Crippen LogP contribution in [0, 0.1) is 0 Å². The Balaban J connectivity index is 1.48. The zero-order chi connectivity index (χ0) is 22.5. The summed E-state index contributed by atoms with van der Waals surface area (Å²) in [5.41, 5.74) is 2.13. The third kappa shape index (κ3) is 5.35. The molecule has 0 radical (unpaired) electrons. The maximum Gasteiger partial charge on any atom is 0.271 e. The van der Waals surface area contributed by atoms with E-state index < -0.39 is 0 Å². The molecule has 3 aromatic carbocycles. The van der Waals surface area contributed by atoms with Gasteiger partial charge in [0, 0.05) is 33.4 Å². The van der Waals surface area contributed by atoms with E-state index in [1.165, 1.54) is 16.8 Å². The van der Waals surface area contributed by atoms with Crippen LogP contribution in [-0.4, -0.2) is 15.7 Å². The highest BCUT2D eigenvalue weighted by Crippen LogP contribution is 2.17. The van der Waals surface area contributed by atoms with Crippen molar-refractivity contribution in [2.75, 3.05) is 5.32 Å². The summed E-state index contributed by atoms with van der Waals surface area (Å²) in [6.07, 6.45) is 0. The summed E-state index contributed by atoms with van der Waals surface area (Å²) in [7, 11) is 0. The first-order chi connectivity index (χ1) is 15.5. The normalized spacial score (nSPS) is 10.6. The Morgan fingerprint density at radius 3 is 2.38 bits per heavy atom. The minimum atomic E-state index is -0.319. The van der Waals surface area contributed by atoms with E-state index in [1.807, 2.05) is 12.1 Å². The molecule has 32 heavy (non-hydrogen) atoms. The van der Waals surface area contributed by atoms with Gasteiger partial charge in [0.05, 0.1) is 5.69 Å². The number of aromatic nitrogens is 2. The van der Waals surface area contributed by atoms with Crippen molar-refractivity contribution in [1.82, 2.24) is 9.78 Å². The van der Waals surface area contributed by atoms with E-state index in [4.69, 9.17) is 27.9 Å². The van der Waals surface area contributed by atoms with Crippen LogP contribution in [0.25, 0.3) is 5.69 Å². The first-order valence-corrected chi connectivity index (χ1v) is 10.4. The van der Waals surface area contributed by atoms with Crippen molar-refractivity contribution in [3.8, 4) is 11.6 Å². The monoisotopic (exact) mass is 465 g/mol. The van der Waals surface area contributed by atoms with Gasteiger partial charge in [-0.3, -0.25) is 9.59 Å². The smallest absolute Gasteiger partial charge is 0.271 e. The molecule has 0 aliphatic carbocycles. The molecule has 0 aliphatic heterocycles. The van der Waals surface area contributed by atoms with Crippen molar-refractivity contribution in [3.05, 3.63) is 116 Å². The summed E-state index contributed by atoms with van der Waals surface area (Å²) >= 11 is 11.8. The maximum atomic E-state index is 12.5. The number of amides is 1. The van der Waals surface area contributed by atoms with Crippen LogP contribution in [0.2, 0.25) is 10.0 Å². The first kappa shape index (κ1) is 21.6. The second-order valence-corrected chi connectivity index (χ2v) is 7.72. The van der Waals surface area contributed by atoms with Gasteiger partial charge in [0.1, 0.15) is 6.61 Å². The van der Waals surface area contributed by atoms with Gasteiger partial charge < -0.3 is 10.1 Å². The van der Waals surface area contributed by atoms with Gasteiger partial charge in [0.2, 0.25) is 5.88 Å². The van der Waals surface area contributed by atoms with Gasteiger partial charge in [0.15, 0.2) is 0 Å². The molecule has 1 N–H and O–H groups in total.